The fourth-order valence-corrected chi connectivity index (χ4v) is 5.75. The van der Waals surface area contributed by atoms with Crippen LogP contribution in [0.1, 0.15) is 32.4 Å². The van der Waals surface area contributed by atoms with E-state index in [-0.39, 0.29) is 27.6 Å². The number of ether oxygens (including phenoxy) is 2. The molecule has 0 radical (unpaired) electrons. The minimum atomic E-state index is -2.92. The Morgan fingerprint density at radius 2 is 1.79 bits per heavy atom. The number of halogens is 2. The van der Waals surface area contributed by atoms with Gasteiger partial charge in [-0.25, -0.2) is 0 Å². The van der Waals surface area contributed by atoms with Gasteiger partial charge in [0, 0.05) is 19.6 Å². The van der Waals surface area contributed by atoms with Crippen LogP contribution in [0.3, 0.4) is 0 Å². The summed E-state index contributed by atoms with van der Waals surface area (Å²) >= 11 is 12.5. The largest absolute Gasteiger partial charge is 0.457 e. The van der Waals surface area contributed by atoms with Crippen molar-refractivity contribution in [3.63, 3.8) is 0 Å². The smallest absolute Gasteiger partial charge is 0.352 e. The Morgan fingerprint density at radius 1 is 1.16 bits per heavy atom. The maximum Gasteiger partial charge on any atom is 0.352 e. The highest BCUT2D eigenvalue weighted by Gasteiger charge is 2.62. The van der Waals surface area contributed by atoms with E-state index in [1.165, 1.54) is 14.0 Å². The molecule has 1 aliphatic carbocycles. The van der Waals surface area contributed by atoms with Crippen LogP contribution < -0.4 is 9.82 Å². The molecule has 0 aromatic heterocycles. The normalized spacial score (nSPS) is 19.2. The number of nitrogens with zero attached hydrogens (tertiary/aromatic N) is 1. The zero-order chi connectivity index (χ0) is 28.5. The van der Waals surface area contributed by atoms with Gasteiger partial charge in [-0.15, -0.1) is 0 Å². The zero-order valence-corrected chi connectivity index (χ0v) is 24.7. The molecule has 2 aromatic carbocycles. The van der Waals surface area contributed by atoms with E-state index >= 15 is 0 Å². The number of para-hydroxylation sites is 1. The molecule has 0 spiro atoms. The molecule has 0 aliphatic heterocycles. The molecule has 38 heavy (non-hydrogen) atoms. The van der Waals surface area contributed by atoms with Crippen LogP contribution in [0.15, 0.2) is 65.2 Å². The number of allylic oxidation sites excluding steroid dienone is 1. The van der Waals surface area contributed by atoms with Crippen molar-refractivity contribution in [1.82, 2.24) is 5.09 Å². The van der Waals surface area contributed by atoms with Gasteiger partial charge < -0.3 is 14.0 Å². The number of amides is 1. The van der Waals surface area contributed by atoms with Crippen LogP contribution in [0.5, 0.6) is 11.5 Å². The van der Waals surface area contributed by atoms with Crippen molar-refractivity contribution in [3.8, 4) is 17.6 Å². The second-order valence-electron chi connectivity index (χ2n) is 8.75. The lowest BCUT2D eigenvalue weighted by Gasteiger charge is -2.13. The van der Waals surface area contributed by atoms with Crippen molar-refractivity contribution in [1.29, 1.82) is 5.26 Å². The quantitative estimate of drug-likeness (QED) is 0.234. The molecular formula is C26H29Cl2N2O6PS. The van der Waals surface area contributed by atoms with Crippen molar-refractivity contribution in [2.45, 2.75) is 26.9 Å². The van der Waals surface area contributed by atoms with Gasteiger partial charge in [0.25, 0.3) is 0 Å². The van der Waals surface area contributed by atoms with E-state index in [0.29, 0.717) is 17.1 Å². The lowest BCUT2D eigenvalue weighted by Crippen LogP contribution is -2.15. The predicted molar refractivity (Wildman–Crippen MR) is 150 cm³/mol. The molecule has 3 unspecified atom stereocenters. The van der Waals surface area contributed by atoms with Gasteiger partial charge in [-0.2, -0.15) is 5.26 Å². The number of nitrogens with one attached hydrogen (secondary N) is 1. The molecule has 3 rings (SSSR count). The Bertz CT molecular complexity index is 1240. The third kappa shape index (κ3) is 9.07. The third-order valence-corrected chi connectivity index (χ3v) is 9.70. The molecule has 1 fully saturated rings. The second-order valence-corrected chi connectivity index (χ2v) is 14.2. The molecule has 12 heteroatoms. The molecule has 1 saturated carbocycles. The summed E-state index contributed by atoms with van der Waals surface area (Å²) in [5.41, 5.74) is 0.231. The van der Waals surface area contributed by atoms with E-state index in [1.54, 1.807) is 36.6 Å². The van der Waals surface area contributed by atoms with Crippen LogP contribution in [-0.4, -0.2) is 25.2 Å². The van der Waals surface area contributed by atoms with Gasteiger partial charge in [-0.05, 0) is 47.9 Å². The average Bonchev–Trinajstić information content (AvgIpc) is 3.41. The van der Waals surface area contributed by atoms with E-state index < -0.39 is 18.8 Å². The predicted octanol–water partition coefficient (Wildman–Crippen LogP) is 7.42. The molecule has 1 amide bonds. The fraction of sp³-hybridized carbons (Fsp3) is 0.346. The summed E-state index contributed by atoms with van der Waals surface area (Å²) in [6.45, 7) is 2.25. The SMILES string of the molecule is CC1(C)C(C=C(Cl)Cl)C1C(=O)O[C@H](C#N)c1cccc(Oc2ccccc2)c1.COP(=O)(NC(C)=O)SC. The van der Waals surface area contributed by atoms with E-state index in [9.17, 15) is 19.4 Å². The third-order valence-electron chi connectivity index (χ3n) is 5.74. The number of nitriles is 1. The van der Waals surface area contributed by atoms with Gasteiger partial charge in [0.2, 0.25) is 12.0 Å². The van der Waals surface area contributed by atoms with Crippen LogP contribution in [-0.2, 0) is 23.4 Å². The van der Waals surface area contributed by atoms with E-state index in [1.807, 2.05) is 50.2 Å². The van der Waals surface area contributed by atoms with Gasteiger partial charge in [0.05, 0.1) is 5.92 Å². The summed E-state index contributed by atoms with van der Waals surface area (Å²) < 4.78 is 27.2. The Kier molecular flexibility index (Phi) is 11.8. The Morgan fingerprint density at radius 3 is 2.29 bits per heavy atom. The molecule has 2 aromatic rings. The Balaban J connectivity index is 0.000000432. The van der Waals surface area contributed by atoms with Crippen LogP contribution in [0, 0.1) is 28.6 Å². The van der Waals surface area contributed by atoms with E-state index in [4.69, 9.17) is 32.7 Å². The molecular weight excluding hydrogens is 570 g/mol. The summed E-state index contributed by atoms with van der Waals surface area (Å²) in [7, 11) is 1.30. The van der Waals surface area contributed by atoms with Crippen LogP contribution in [0.2, 0.25) is 0 Å². The van der Waals surface area contributed by atoms with Gasteiger partial charge in [0.15, 0.2) is 0 Å². The lowest BCUT2D eigenvalue weighted by molar-refractivity contribution is -0.149. The summed E-state index contributed by atoms with van der Waals surface area (Å²) in [4.78, 5) is 23.0. The number of esters is 1. The minimum Gasteiger partial charge on any atom is -0.457 e. The molecule has 8 nitrogen and oxygen atoms in total. The van der Waals surface area contributed by atoms with Crippen molar-refractivity contribution in [2.24, 2.45) is 17.3 Å². The Labute approximate surface area is 236 Å². The van der Waals surface area contributed by atoms with Crippen molar-refractivity contribution in [2.75, 3.05) is 13.4 Å². The molecule has 1 N–H and O–H groups in total. The van der Waals surface area contributed by atoms with Crippen LogP contribution in [0.25, 0.3) is 0 Å². The first-order valence-corrected chi connectivity index (χ1v) is 15.5. The summed E-state index contributed by atoms with van der Waals surface area (Å²) in [5.74, 6) is -0.0584. The molecule has 204 valence electrons. The van der Waals surface area contributed by atoms with Gasteiger partial charge >= 0.3 is 12.7 Å². The summed E-state index contributed by atoms with van der Waals surface area (Å²) in [5, 5.41) is 11.7. The first-order chi connectivity index (χ1) is 17.9. The highest BCUT2D eigenvalue weighted by Crippen LogP contribution is 2.60. The standard InChI is InChI=1S/C22H19Cl2NO3.C4H10NO3PS/c1-22(2)17(12-19(23)24)20(22)21(26)28-18(13-25)14-7-6-10-16(11-14)27-15-8-4-3-5-9-15;1-4(6)5-9(7,8-2)10-3/h3-12,17-18,20H,1-2H3;1-3H3,(H,5,6,7)/t17?,18-,20?;/m1./s1. The summed E-state index contributed by atoms with van der Waals surface area (Å²) in [6, 6.07) is 18.3. The number of hydrogen-bond acceptors (Lipinski definition) is 8. The van der Waals surface area contributed by atoms with Crippen molar-refractivity contribution >= 4 is 53.2 Å². The number of benzene rings is 2. The van der Waals surface area contributed by atoms with Crippen LogP contribution in [0.4, 0.5) is 0 Å². The van der Waals surface area contributed by atoms with E-state index in [2.05, 4.69) is 9.61 Å². The minimum absolute atomic E-state index is 0.114. The molecule has 0 saturated heterocycles. The molecule has 1 aliphatic rings. The number of carbonyl (C=O) groups excluding carboxylic acids is 2. The van der Waals surface area contributed by atoms with Crippen molar-refractivity contribution in [3.05, 3.63) is 70.7 Å². The first-order valence-electron chi connectivity index (χ1n) is 11.3. The monoisotopic (exact) mass is 598 g/mol. The molecule has 0 bridgehead atoms. The highest BCUT2D eigenvalue weighted by molar-refractivity contribution is 8.55. The summed E-state index contributed by atoms with van der Waals surface area (Å²) in [6.07, 6.45) is 2.23. The lowest BCUT2D eigenvalue weighted by atomic mass is 10.1. The topological polar surface area (TPSA) is 115 Å². The van der Waals surface area contributed by atoms with E-state index in [0.717, 1.165) is 11.4 Å². The van der Waals surface area contributed by atoms with Gasteiger partial charge in [-0.1, -0.05) is 78.8 Å². The van der Waals surface area contributed by atoms with Crippen molar-refractivity contribution < 1.29 is 28.2 Å². The zero-order valence-electron chi connectivity index (χ0n) is 21.5. The number of rotatable bonds is 9. The van der Waals surface area contributed by atoms with Gasteiger partial charge in [0.1, 0.15) is 22.1 Å². The molecule has 4 atom stereocenters. The maximum absolute atomic E-state index is 12.6. The molecule has 0 heterocycles. The highest BCUT2D eigenvalue weighted by atomic mass is 35.5. The maximum atomic E-state index is 12.6. The average molecular weight is 599 g/mol. The number of hydrogen-bond donors (Lipinski definition) is 1. The fourth-order valence-electron chi connectivity index (χ4n) is 3.66. The first kappa shape index (κ1) is 31.7. The number of carbonyl (C=O) groups is 2. The van der Waals surface area contributed by atoms with Gasteiger partial charge in [-0.3, -0.25) is 19.2 Å². The Hall–Kier alpha value is -2.47. The van der Waals surface area contributed by atoms with Crippen LogP contribution >= 0.6 is 41.3 Å². The second kappa shape index (κ2) is 14.1.